The molecule has 0 atom stereocenters. The van der Waals surface area contributed by atoms with Crippen LogP contribution in [0.3, 0.4) is 0 Å². The van der Waals surface area contributed by atoms with E-state index in [9.17, 15) is 14.4 Å². The van der Waals surface area contributed by atoms with Gasteiger partial charge in [-0.05, 0) is 30.3 Å². The van der Waals surface area contributed by atoms with Crippen LogP contribution in [0.2, 0.25) is 0 Å². The van der Waals surface area contributed by atoms with Crippen LogP contribution in [0.15, 0.2) is 48.5 Å². The molecule has 0 fully saturated rings. The number of rotatable bonds is 8. The molecule has 0 aliphatic heterocycles. The molecular formula is C20H20N4O4S. The first-order chi connectivity index (χ1) is 14.0. The molecule has 3 rings (SSSR count). The molecule has 8 nitrogen and oxygen atoms in total. The van der Waals surface area contributed by atoms with Gasteiger partial charge in [0, 0.05) is 18.5 Å². The molecule has 0 aliphatic carbocycles. The summed E-state index contributed by atoms with van der Waals surface area (Å²) in [5, 5.41) is 3.06. The van der Waals surface area contributed by atoms with E-state index in [0.29, 0.717) is 22.0 Å². The summed E-state index contributed by atoms with van der Waals surface area (Å²) in [6, 6.07) is 14.1. The summed E-state index contributed by atoms with van der Waals surface area (Å²) in [5.74, 6) is -0.609. The van der Waals surface area contributed by atoms with Crippen LogP contribution in [0.1, 0.15) is 16.8 Å². The fourth-order valence-corrected chi connectivity index (χ4v) is 3.67. The van der Waals surface area contributed by atoms with Crippen molar-refractivity contribution in [2.24, 2.45) is 5.73 Å². The first-order valence-corrected chi connectivity index (χ1v) is 9.66. The molecule has 3 amide bonds. The van der Waals surface area contributed by atoms with E-state index >= 15 is 0 Å². The first kappa shape index (κ1) is 20.3. The third-order valence-electron chi connectivity index (χ3n) is 4.09. The highest BCUT2D eigenvalue weighted by Gasteiger charge is 2.22. The van der Waals surface area contributed by atoms with Gasteiger partial charge in [-0.1, -0.05) is 29.5 Å². The Labute approximate surface area is 171 Å². The molecule has 9 heteroatoms. The largest absolute Gasteiger partial charge is 0.497 e. The van der Waals surface area contributed by atoms with Crippen molar-refractivity contribution >= 4 is 44.4 Å². The number of carbonyl (C=O) groups is 3. The van der Waals surface area contributed by atoms with Gasteiger partial charge in [0.1, 0.15) is 12.3 Å². The van der Waals surface area contributed by atoms with E-state index in [2.05, 4.69) is 10.3 Å². The number of nitrogens with two attached hydrogens (primary N) is 1. The highest BCUT2D eigenvalue weighted by atomic mass is 32.1. The van der Waals surface area contributed by atoms with E-state index < -0.39 is 5.91 Å². The fraction of sp³-hybridized carbons (Fsp3) is 0.200. The van der Waals surface area contributed by atoms with Gasteiger partial charge in [0.15, 0.2) is 5.13 Å². The van der Waals surface area contributed by atoms with Gasteiger partial charge in [0.25, 0.3) is 5.91 Å². The van der Waals surface area contributed by atoms with Crippen LogP contribution in [0.25, 0.3) is 10.2 Å². The number of carbonyl (C=O) groups excluding carboxylic acids is 3. The maximum atomic E-state index is 12.7. The van der Waals surface area contributed by atoms with Crippen LogP contribution in [0.4, 0.5) is 5.13 Å². The van der Waals surface area contributed by atoms with Crippen molar-refractivity contribution in [3.8, 4) is 5.75 Å². The molecule has 1 aromatic heterocycles. The molecule has 0 unspecified atom stereocenters. The van der Waals surface area contributed by atoms with Crippen LogP contribution >= 0.6 is 11.3 Å². The van der Waals surface area contributed by atoms with Gasteiger partial charge in [-0.25, -0.2) is 4.98 Å². The molecule has 2 aromatic carbocycles. The van der Waals surface area contributed by atoms with Crippen molar-refractivity contribution in [1.82, 2.24) is 10.3 Å². The number of anilines is 1. The molecule has 3 N–H and O–H groups in total. The van der Waals surface area contributed by atoms with Gasteiger partial charge in [0.2, 0.25) is 11.8 Å². The topological polar surface area (TPSA) is 115 Å². The number of aromatic nitrogens is 1. The maximum absolute atomic E-state index is 12.7. The number of fused-ring (bicyclic) bond motifs is 1. The normalized spacial score (nSPS) is 10.5. The van der Waals surface area contributed by atoms with Crippen molar-refractivity contribution in [3.05, 3.63) is 54.1 Å². The molecule has 0 saturated heterocycles. The Morgan fingerprint density at radius 3 is 2.62 bits per heavy atom. The second-order valence-electron chi connectivity index (χ2n) is 6.15. The average Bonchev–Trinajstić information content (AvgIpc) is 3.15. The Morgan fingerprint density at radius 2 is 1.93 bits per heavy atom. The van der Waals surface area contributed by atoms with Crippen molar-refractivity contribution in [2.45, 2.75) is 6.42 Å². The monoisotopic (exact) mass is 412 g/mol. The standard InChI is InChI=1S/C20H20N4O4S/c1-28-14-7-8-15-16(11-14)29-20(23-15)24(12-17(21)25)18(26)9-10-22-19(27)13-5-3-2-4-6-13/h2-8,11H,9-10,12H2,1H3,(H2,21,25)(H,22,27). The summed E-state index contributed by atoms with van der Waals surface area (Å²) in [5.41, 5.74) is 6.51. The molecular weight excluding hydrogens is 392 g/mol. The fourth-order valence-electron chi connectivity index (χ4n) is 2.66. The number of methoxy groups -OCH3 is 1. The predicted octanol–water partition coefficient (Wildman–Crippen LogP) is 1.94. The van der Waals surface area contributed by atoms with Crippen LogP contribution in [0, 0.1) is 0 Å². The summed E-state index contributed by atoms with van der Waals surface area (Å²) in [6.45, 7) is -0.164. The molecule has 150 valence electrons. The minimum Gasteiger partial charge on any atom is -0.497 e. The van der Waals surface area contributed by atoms with Crippen molar-refractivity contribution < 1.29 is 19.1 Å². The van der Waals surface area contributed by atoms with E-state index in [-0.39, 0.29) is 31.3 Å². The van der Waals surface area contributed by atoms with Crippen LogP contribution in [-0.4, -0.2) is 42.9 Å². The van der Waals surface area contributed by atoms with E-state index in [4.69, 9.17) is 10.5 Å². The molecule has 0 spiro atoms. The third-order valence-corrected chi connectivity index (χ3v) is 5.13. The molecule has 3 aromatic rings. The van der Waals surface area contributed by atoms with Crippen LogP contribution < -0.4 is 20.7 Å². The molecule has 29 heavy (non-hydrogen) atoms. The van der Waals surface area contributed by atoms with Crippen molar-refractivity contribution in [3.63, 3.8) is 0 Å². The molecule has 0 radical (unpaired) electrons. The zero-order valence-corrected chi connectivity index (χ0v) is 16.6. The summed E-state index contributed by atoms with van der Waals surface area (Å²) < 4.78 is 6.02. The Balaban J connectivity index is 1.70. The number of nitrogens with one attached hydrogen (secondary N) is 1. The average molecular weight is 412 g/mol. The summed E-state index contributed by atoms with van der Waals surface area (Å²) >= 11 is 1.26. The minimum absolute atomic E-state index is 0.00506. The molecule has 0 aliphatic rings. The van der Waals surface area contributed by atoms with E-state index in [0.717, 1.165) is 4.70 Å². The van der Waals surface area contributed by atoms with E-state index in [1.807, 2.05) is 12.1 Å². The Kier molecular flexibility index (Phi) is 6.40. The summed E-state index contributed by atoms with van der Waals surface area (Å²) in [7, 11) is 1.57. The molecule has 1 heterocycles. The lowest BCUT2D eigenvalue weighted by Gasteiger charge is -2.18. The number of hydrogen-bond donors (Lipinski definition) is 2. The zero-order chi connectivity index (χ0) is 20.8. The highest BCUT2D eigenvalue weighted by Crippen LogP contribution is 2.31. The maximum Gasteiger partial charge on any atom is 0.251 e. The quantitative estimate of drug-likeness (QED) is 0.587. The number of ether oxygens (including phenoxy) is 1. The Bertz CT molecular complexity index is 1040. The number of thiazole rings is 1. The second-order valence-corrected chi connectivity index (χ2v) is 7.16. The van der Waals surface area contributed by atoms with Gasteiger partial charge in [-0.15, -0.1) is 0 Å². The number of benzene rings is 2. The smallest absolute Gasteiger partial charge is 0.251 e. The van der Waals surface area contributed by atoms with Gasteiger partial charge in [-0.2, -0.15) is 0 Å². The lowest BCUT2D eigenvalue weighted by atomic mass is 10.2. The van der Waals surface area contributed by atoms with Crippen LogP contribution in [0.5, 0.6) is 5.75 Å². The first-order valence-electron chi connectivity index (χ1n) is 8.84. The van der Waals surface area contributed by atoms with Gasteiger partial charge < -0.3 is 15.8 Å². The third kappa shape index (κ3) is 5.08. The van der Waals surface area contributed by atoms with E-state index in [1.165, 1.54) is 16.2 Å². The molecule has 0 bridgehead atoms. The lowest BCUT2D eigenvalue weighted by Crippen LogP contribution is -2.40. The van der Waals surface area contributed by atoms with E-state index in [1.54, 1.807) is 43.5 Å². The van der Waals surface area contributed by atoms with Gasteiger partial charge >= 0.3 is 0 Å². The van der Waals surface area contributed by atoms with Crippen molar-refractivity contribution in [1.29, 1.82) is 0 Å². The van der Waals surface area contributed by atoms with Crippen LogP contribution in [-0.2, 0) is 9.59 Å². The minimum atomic E-state index is -0.650. The van der Waals surface area contributed by atoms with Gasteiger partial charge in [0.05, 0.1) is 17.3 Å². The number of hydrogen-bond acceptors (Lipinski definition) is 6. The number of amides is 3. The van der Waals surface area contributed by atoms with Gasteiger partial charge in [-0.3, -0.25) is 19.3 Å². The summed E-state index contributed by atoms with van der Waals surface area (Å²) in [4.78, 5) is 42.0. The number of primary amides is 1. The predicted molar refractivity (Wildman–Crippen MR) is 111 cm³/mol. The highest BCUT2D eigenvalue weighted by molar-refractivity contribution is 7.22. The van der Waals surface area contributed by atoms with Crippen molar-refractivity contribution in [2.75, 3.05) is 25.1 Å². The lowest BCUT2D eigenvalue weighted by molar-refractivity contribution is -0.122. The second kappa shape index (κ2) is 9.16. The SMILES string of the molecule is COc1ccc2nc(N(CC(N)=O)C(=O)CCNC(=O)c3ccccc3)sc2c1. The number of nitrogens with zero attached hydrogens (tertiary/aromatic N) is 2. The zero-order valence-electron chi connectivity index (χ0n) is 15.8. The Morgan fingerprint density at radius 1 is 1.17 bits per heavy atom. The Hall–Kier alpha value is -3.46. The summed E-state index contributed by atoms with van der Waals surface area (Å²) in [6.07, 6.45) is 0.00506. The molecule has 0 saturated carbocycles.